The first-order valence-electron chi connectivity index (χ1n) is 8.56. The summed E-state index contributed by atoms with van der Waals surface area (Å²) < 4.78 is 0. The quantitative estimate of drug-likeness (QED) is 0.731. The van der Waals surface area contributed by atoms with Crippen molar-refractivity contribution in [1.82, 2.24) is 15.1 Å². The molecule has 3 aliphatic rings. The van der Waals surface area contributed by atoms with Gasteiger partial charge in [0.2, 0.25) is 5.91 Å². The molecule has 3 atom stereocenters. The van der Waals surface area contributed by atoms with E-state index in [4.69, 9.17) is 5.73 Å². The van der Waals surface area contributed by atoms with Gasteiger partial charge < -0.3 is 16.0 Å². The predicted octanol–water partition coefficient (Wildman–Crippen LogP) is 0.857. The molecular weight excluding hydrogens is 332 g/mol. The molecule has 1 spiro atoms. The summed E-state index contributed by atoms with van der Waals surface area (Å²) in [4.78, 5) is 40.8. The van der Waals surface area contributed by atoms with Crippen molar-refractivity contribution in [1.29, 1.82) is 0 Å². The van der Waals surface area contributed by atoms with Gasteiger partial charge in [-0.1, -0.05) is 12.8 Å². The van der Waals surface area contributed by atoms with Crippen LogP contribution in [-0.2, 0) is 9.59 Å². The summed E-state index contributed by atoms with van der Waals surface area (Å²) in [6.45, 7) is 4.80. The molecule has 0 radical (unpaired) electrons. The normalized spacial score (nSPS) is 29.8. The van der Waals surface area contributed by atoms with Crippen LogP contribution in [0.5, 0.6) is 0 Å². The number of carbonyl (C=O) groups excluding carboxylic acids is 3. The van der Waals surface area contributed by atoms with E-state index in [1.165, 1.54) is 0 Å². The number of carbonyl (C=O) groups is 3. The van der Waals surface area contributed by atoms with Crippen LogP contribution in [0.2, 0.25) is 0 Å². The summed E-state index contributed by atoms with van der Waals surface area (Å²) in [5.41, 5.74) is 4.95. The van der Waals surface area contributed by atoms with Crippen LogP contribution in [-0.4, -0.2) is 58.4 Å². The molecule has 1 saturated carbocycles. The van der Waals surface area contributed by atoms with Crippen LogP contribution in [0.4, 0.5) is 4.79 Å². The zero-order valence-electron chi connectivity index (χ0n) is 14.3. The number of halogens is 1. The lowest BCUT2D eigenvalue weighted by molar-refractivity contribution is -0.143. The Labute approximate surface area is 148 Å². The molecule has 24 heavy (non-hydrogen) atoms. The summed E-state index contributed by atoms with van der Waals surface area (Å²) >= 11 is 0. The highest BCUT2D eigenvalue weighted by Crippen LogP contribution is 2.36. The van der Waals surface area contributed by atoms with E-state index < -0.39 is 17.6 Å². The molecule has 3 unspecified atom stereocenters. The smallest absolute Gasteiger partial charge is 0.325 e. The number of likely N-dealkylation sites (tertiary alicyclic amines) is 1. The molecule has 2 saturated heterocycles. The fourth-order valence-corrected chi connectivity index (χ4v) is 4.28. The Bertz CT molecular complexity index is 535. The summed E-state index contributed by atoms with van der Waals surface area (Å²) in [6.07, 6.45) is 4.08. The molecule has 8 heteroatoms. The fraction of sp³-hybridized carbons (Fsp3) is 0.812. The Morgan fingerprint density at radius 2 is 2.00 bits per heavy atom. The number of rotatable bonds is 3. The van der Waals surface area contributed by atoms with Gasteiger partial charge >= 0.3 is 6.03 Å². The van der Waals surface area contributed by atoms with Crippen LogP contribution in [0.15, 0.2) is 0 Å². The third-order valence-electron chi connectivity index (χ3n) is 5.67. The molecule has 2 heterocycles. The standard InChI is InChI=1S/C16H26N4O3.ClH/c1-10-7-12(8-17)9-19(10)13(21)11(2)20-14(22)16(18-15(20)23)5-3-4-6-16;/h10-12H,3-9,17H2,1-2H3,(H,18,23);1H. The number of nitrogens with zero attached hydrogens (tertiary/aromatic N) is 2. The zero-order valence-corrected chi connectivity index (χ0v) is 15.1. The van der Waals surface area contributed by atoms with E-state index >= 15 is 0 Å². The minimum atomic E-state index is -0.763. The number of hydrogen-bond acceptors (Lipinski definition) is 4. The third-order valence-corrected chi connectivity index (χ3v) is 5.67. The second kappa shape index (κ2) is 6.88. The van der Waals surface area contributed by atoms with E-state index in [1.54, 1.807) is 11.8 Å². The van der Waals surface area contributed by atoms with Crippen molar-refractivity contribution in [3.05, 3.63) is 0 Å². The van der Waals surface area contributed by atoms with Crippen LogP contribution in [0.3, 0.4) is 0 Å². The van der Waals surface area contributed by atoms with Gasteiger partial charge in [-0.25, -0.2) is 9.69 Å². The predicted molar refractivity (Wildman–Crippen MR) is 91.6 cm³/mol. The molecule has 0 aromatic rings. The van der Waals surface area contributed by atoms with E-state index in [-0.39, 0.29) is 30.3 Å². The summed E-state index contributed by atoms with van der Waals surface area (Å²) in [5.74, 6) is -0.0968. The van der Waals surface area contributed by atoms with Crippen LogP contribution < -0.4 is 11.1 Å². The van der Waals surface area contributed by atoms with Gasteiger partial charge in [0.1, 0.15) is 11.6 Å². The van der Waals surface area contributed by atoms with Gasteiger partial charge in [-0.3, -0.25) is 9.59 Å². The Kier molecular flexibility index (Phi) is 5.44. The Balaban J connectivity index is 0.00000208. The van der Waals surface area contributed by atoms with Crippen LogP contribution in [0.25, 0.3) is 0 Å². The van der Waals surface area contributed by atoms with Crippen molar-refractivity contribution in [3.63, 3.8) is 0 Å². The van der Waals surface area contributed by atoms with Crippen LogP contribution >= 0.6 is 12.4 Å². The summed E-state index contributed by atoms with van der Waals surface area (Å²) in [5, 5.41) is 2.83. The largest absolute Gasteiger partial charge is 0.338 e. The van der Waals surface area contributed by atoms with Crippen molar-refractivity contribution in [2.45, 2.75) is 63.6 Å². The van der Waals surface area contributed by atoms with E-state index in [1.807, 2.05) is 6.92 Å². The van der Waals surface area contributed by atoms with E-state index in [9.17, 15) is 14.4 Å². The molecule has 2 aliphatic heterocycles. The van der Waals surface area contributed by atoms with Gasteiger partial charge in [0, 0.05) is 12.6 Å². The minimum Gasteiger partial charge on any atom is -0.338 e. The molecule has 7 nitrogen and oxygen atoms in total. The average Bonchev–Trinajstić information content (AvgIpc) is 3.19. The van der Waals surface area contributed by atoms with Crippen molar-refractivity contribution >= 4 is 30.3 Å². The highest BCUT2D eigenvalue weighted by molar-refractivity contribution is 6.10. The van der Waals surface area contributed by atoms with Gasteiger partial charge in [0.25, 0.3) is 5.91 Å². The topological polar surface area (TPSA) is 95.7 Å². The van der Waals surface area contributed by atoms with E-state index in [2.05, 4.69) is 5.32 Å². The monoisotopic (exact) mass is 358 g/mol. The molecule has 0 aromatic heterocycles. The van der Waals surface area contributed by atoms with Crippen molar-refractivity contribution in [2.24, 2.45) is 11.7 Å². The molecule has 1 aliphatic carbocycles. The Hall–Kier alpha value is -1.34. The highest BCUT2D eigenvalue weighted by atomic mass is 35.5. The third kappa shape index (κ3) is 2.88. The fourth-order valence-electron chi connectivity index (χ4n) is 4.28. The molecule has 0 bridgehead atoms. The zero-order chi connectivity index (χ0) is 16.8. The molecule has 3 N–H and O–H groups in total. The minimum absolute atomic E-state index is 0. The van der Waals surface area contributed by atoms with Gasteiger partial charge in [0.15, 0.2) is 0 Å². The van der Waals surface area contributed by atoms with Crippen molar-refractivity contribution in [3.8, 4) is 0 Å². The SMILES string of the molecule is CC1CC(CN)CN1C(=O)C(C)N1C(=O)NC2(CCCC2)C1=O.Cl. The first kappa shape index (κ1) is 19.0. The summed E-state index contributed by atoms with van der Waals surface area (Å²) in [6, 6.07) is -1.10. The van der Waals surface area contributed by atoms with Gasteiger partial charge in [-0.05, 0) is 45.6 Å². The first-order valence-corrected chi connectivity index (χ1v) is 8.56. The highest BCUT2D eigenvalue weighted by Gasteiger charge is 2.55. The van der Waals surface area contributed by atoms with Gasteiger partial charge in [0.05, 0.1) is 0 Å². The van der Waals surface area contributed by atoms with Crippen molar-refractivity contribution < 1.29 is 14.4 Å². The van der Waals surface area contributed by atoms with E-state index in [0.29, 0.717) is 31.8 Å². The maximum Gasteiger partial charge on any atom is 0.325 e. The number of nitrogens with one attached hydrogen (secondary N) is 1. The van der Waals surface area contributed by atoms with Crippen LogP contribution in [0, 0.1) is 5.92 Å². The number of urea groups is 1. The molecule has 0 aromatic carbocycles. The second-order valence-corrected chi connectivity index (χ2v) is 7.25. The van der Waals surface area contributed by atoms with Crippen LogP contribution in [0.1, 0.15) is 46.0 Å². The molecular formula is C16H27ClN4O3. The molecule has 3 rings (SSSR count). The molecule has 4 amide bonds. The maximum absolute atomic E-state index is 12.8. The second-order valence-electron chi connectivity index (χ2n) is 7.25. The lowest BCUT2D eigenvalue weighted by Gasteiger charge is -2.29. The number of nitrogens with two attached hydrogens (primary N) is 1. The van der Waals surface area contributed by atoms with Gasteiger partial charge in [-0.15, -0.1) is 12.4 Å². The first-order chi connectivity index (χ1) is 10.9. The Morgan fingerprint density at radius 1 is 1.38 bits per heavy atom. The lowest BCUT2D eigenvalue weighted by Crippen LogP contribution is -2.51. The van der Waals surface area contributed by atoms with Crippen molar-refractivity contribution in [2.75, 3.05) is 13.1 Å². The number of amides is 4. The lowest BCUT2D eigenvalue weighted by atomic mass is 9.97. The van der Waals surface area contributed by atoms with Gasteiger partial charge in [-0.2, -0.15) is 0 Å². The number of imide groups is 1. The maximum atomic E-state index is 12.8. The molecule has 136 valence electrons. The molecule has 3 fully saturated rings. The average molecular weight is 359 g/mol. The Morgan fingerprint density at radius 3 is 2.54 bits per heavy atom. The number of hydrogen-bond donors (Lipinski definition) is 2. The summed E-state index contributed by atoms with van der Waals surface area (Å²) in [7, 11) is 0. The van der Waals surface area contributed by atoms with E-state index in [0.717, 1.165) is 24.2 Å².